The van der Waals surface area contributed by atoms with Crippen LogP contribution in [-0.4, -0.2) is 7.11 Å². The van der Waals surface area contributed by atoms with Gasteiger partial charge in [-0.05, 0) is 30.5 Å². The number of nitrogens with zero attached hydrogens (tertiary/aromatic N) is 1. The summed E-state index contributed by atoms with van der Waals surface area (Å²) in [7, 11) is 1.64. The zero-order chi connectivity index (χ0) is 10.1. The Morgan fingerprint density at radius 3 is 3.00 bits per heavy atom. The van der Waals surface area contributed by atoms with Crippen molar-refractivity contribution >= 4 is 0 Å². The summed E-state index contributed by atoms with van der Waals surface area (Å²) in [6.45, 7) is 0. The van der Waals surface area contributed by atoms with Crippen LogP contribution in [0, 0.1) is 11.3 Å². The van der Waals surface area contributed by atoms with E-state index in [1.807, 2.05) is 6.07 Å². The van der Waals surface area contributed by atoms with Gasteiger partial charge in [0, 0.05) is 11.6 Å². The van der Waals surface area contributed by atoms with Gasteiger partial charge in [0.2, 0.25) is 0 Å². The Hall–Kier alpha value is -1.53. The van der Waals surface area contributed by atoms with Crippen molar-refractivity contribution in [1.82, 2.24) is 0 Å². The summed E-state index contributed by atoms with van der Waals surface area (Å²) in [5, 5.41) is 8.94. The first-order chi connectivity index (χ1) is 6.77. The van der Waals surface area contributed by atoms with Crippen molar-refractivity contribution in [2.75, 3.05) is 7.11 Å². The van der Waals surface area contributed by atoms with Crippen LogP contribution < -0.4 is 10.5 Å². The number of ether oxygens (including phenoxy) is 1. The van der Waals surface area contributed by atoms with E-state index in [0.29, 0.717) is 5.56 Å². The predicted molar refractivity (Wildman–Crippen MR) is 53.0 cm³/mol. The SMILES string of the molecule is COc1ccc(C#N)c2c1CCC2N. The molecule has 0 spiro atoms. The quantitative estimate of drug-likeness (QED) is 0.726. The molecule has 3 nitrogen and oxygen atoms in total. The van der Waals surface area contributed by atoms with E-state index in [4.69, 9.17) is 15.7 Å². The van der Waals surface area contributed by atoms with E-state index in [-0.39, 0.29) is 6.04 Å². The number of methoxy groups -OCH3 is 1. The average molecular weight is 188 g/mol. The summed E-state index contributed by atoms with van der Waals surface area (Å²) in [6.07, 6.45) is 1.82. The van der Waals surface area contributed by atoms with Crippen molar-refractivity contribution in [1.29, 1.82) is 5.26 Å². The van der Waals surface area contributed by atoms with Crippen LogP contribution in [0.15, 0.2) is 12.1 Å². The third kappa shape index (κ3) is 1.16. The zero-order valence-electron chi connectivity index (χ0n) is 8.08. The summed E-state index contributed by atoms with van der Waals surface area (Å²) in [6, 6.07) is 5.79. The minimum absolute atomic E-state index is 0.00486. The van der Waals surface area contributed by atoms with Crippen molar-refractivity contribution in [3.8, 4) is 11.8 Å². The Morgan fingerprint density at radius 2 is 2.36 bits per heavy atom. The lowest BCUT2D eigenvalue weighted by Gasteiger charge is -2.10. The topological polar surface area (TPSA) is 59.0 Å². The summed E-state index contributed by atoms with van der Waals surface area (Å²) in [4.78, 5) is 0. The third-order valence-corrected chi connectivity index (χ3v) is 2.73. The van der Waals surface area contributed by atoms with Gasteiger partial charge >= 0.3 is 0 Å². The van der Waals surface area contributed by atoms with Crippen LogP contribution in [-0.2, 0) is 6.42 Å². The summed E-state index contributed by atoms with van der Waals surface area (Å²) in [5.41, 5.74) is 8.71. The number of nitrogens with two attached hydrogens (primary N) is 1. The minimum Gasteiger partial charge on any atom is -0.496 e. The average Bonchev–Trinajstić information content (AvgIpc) is 2.60. The first kappa shape index (κ1) is 9.04. The normalized spacial score (nSPS) is 18.8. The first-order valence-electron chi connectivity index (χ1n) is 4.63. The molecule has 0 bridgehead atoms. The van der Waals surface area contributed by atoms with Crippen molar-refractivity contribution in [2.24, 2.45) is 5.73 Å². The van der Waals surface area contributed by atoms with Crippen molar-refractivity contribution in [3.05, 3.63) is 28.8 Å². The predicted octanol–water partition coefficient (Wildman–Crippen LogP) is 1.51. The van der Waals surface area contributed by atoms with Crippen molar-refractivity contribution in [2.45, 2.75) is 18.9 Å². The highest BCUT2D eigenvalue weighted by molar-refractivity contribution is 5.53. The summed E-state index contributed by atoms with van der Waals surface area (Å²) in [5.74, 6) is 0.854. The molecule has 0 fully saturated rings. The van der Waals surface area contributed by atoms with Crippen LogP contribution in [0.4, 0.5) is 0 Å². The molecule has 0 aromatic heterocycles. The molecule has 0 aliphatic heterocycles. The first-order valence-corrected chi connectivity index (χ1v) is 4.63. The van der Waals surface area contributed by atoms with Crippen LogP contribution >= 0.6 is 0 Å². The lowest BCUT2D eigenvalue weighted by Crippen LogP contribution is -2.07. The van der Waals surface area contributed by atoms with Gasteiger partial charge in [0.1, 0.15) is 5.75 Å². The fourth-order valence-electron chi connectivity index (χ4n) is 2.06. The van der Waals surface area contributed by atoms with Gasteiger partial charge in [-0.1, -0.05) is 0 Å². The van der Waals surface area contributed by atoms with Gasteiger partial charge in [0.15, 0.2) is 0 Å². The highest BCUT2D eigenvalue weighted by Crippen LogP contribution is 2.37. The third-order valence-electron chi connectivity index (χ3n) is 2.73. The largest absolute Gasteiger partial charge is 0.496 e. The molecular formula is C11H12N2O. The highest BCUT2D eigenvalue weighted by atomic mass is 16.5. The van der Waals surface area contributed by atoms with Gasteiger partial charge in [-0.25, -0.2) is 0 Å². The molecule has 0 radical (unpaired) electrons. The molecule has 1 atom stereocenters. The Bertz CT molecular complexity index is 406. The molecule has 1 unspecified atom stereocenters. The molecule has 0 saturated carbocycles. The van der Waals surface area contributed by atoms with Gasteiger partial charge in [-0.15, -0.1) is 0 Å². The molecule has 1 aliphatic rings. The maximum Gasteiger partial charge on any atom is 0.122 e. The summed E-state index contributed by atoms with van der Waals surface area (Å²) >= 11 is 0. The van der Waals surface area contributed by atoms with E-state index in [9.17, 15) is 0 Å². The molecule has 72 valence electrons. The lowest BCUT2D eigenvalue weighted by atomic mass is 10.0. The highest BCUT2D eigenvalue weighted by Gasteiger charge is 2.25. The van der Waals surface area contributed by atoms with Crippen LogP contribution in [0.2, 0.25) is 0 Å². The lowest BCUT2D eigenvalue weighted by molar-refractivity contribution is 0.410. The van der Waals surface area contributed by atoms with Gasteiger partial charge < -0.3 is 10.5 Å². The van der Waals surface area contributed by atoms with Crippen LogP contribution in [0.1, 0.15) is 29.2 Å². The van der Waals surface area contributed by atoms with E-state index in [0.717, 1.165) is 29.7 Å². The number of hydrogen-bond acceptors (Lipinski definition) is 3. The molecule has 3 heteroatoms. The summed E-state index contributed by atoms with van der Waals surface area (Å²) < 4.78 is 5.24. The Labute approximate surface area is 83.1 Å². The molecule has 0 heterocycles. The second-order valence-corrected chi connectivity index (χ2v) is 3.46. The fourth-order valence-corrected chi connectivity index (χ4v) is 2.06. The molecule has 0 saturated heterocycles. The molecule has 1 aliphatic carbocycles. The zero-order valence-corrected chi connectivity index (χ0v) is 8.08. The van der Waals surface area contributed by atoms with E-state index in [1.165, 1.54) is 0 Å². The second-order valence-electron chi connectivity index (χ2n) is 3.46. The van der Waals surface area contributed by atoms with E-state index in [2.05, 4.69) is 6.07 Å². The molecule has 1 aromatic rings. The maximum atomic E-state index is 8.94. The fraction of sp³-hybridized carbons (Fsp3) is 0.364. The number of nitriles is 1. The molecule has 14 heavy (non-hydrogen) atoms. The van der Waals surface area contributed by atoms with Crippen molar-refractivity contribution in [3.63, 3.8) is 0 Å². The van der Waals surface area contributed by atoms with Crippen LogP contribution in [0.25, 0.3) is 0 Å². The van der Waals surface area contributed by atoms with E-state index >= 15 is 0 Å². The van der Waals surface area contributed by atoms with Crippen LogP contribution in [0.5, 0.6) is 5.75 Å². The van der Waals surface area contributed by atoms with Gasteiger partial charge in [-0.2, -0.15) is 5.26 Å². The van der Waals surface area contributed by atoms with Crippen molar-refractivity contribution < 1.29 is 4.74 Å². The Morgan fingerprint density at radius 1 is 1.57 bits per heavy atom. The van der Waals surface area contributed by atoms with E-state index in [1.54, 1.807) is 13.2 Å². The number of benzene rings is 1. The smallest absolute Gasteiger partial charge is 0.122 e. The molecule has 0 amide bonds. The van der Waals surface area contributed by atoms with Gasteiger partial charge in [-0.3, -0.25) is 0 Å². The van der Waals surface area contributed by atoms with E-state index < -0.39 is 0 Å². The molecule has 2 rings (SSSR count). The Balaban J connectivity index is 2.64. The van der Waals surface area contributed by atoms with Gasteiger partial charge in [0.05, 0.1) is 18.7 Å². The van der Waals surface area contributed by atoms with Gasteiger partial charge in [0.25, 0.3) is 0 Å². The monoisotopic (exact) mass is 188 g/mol. The number of rotatable bonds is 1. The maximum absolute atomic E-state index is 8.94. The number of hydrogen-bond donors (Lipinski definition) is 1. The second kappa shape index (κ2) is 3.32. The molecule has 1 aromatic carbocycles. The molecular weight excluding hydrogens is 176 g/mol. The number of fused-ring (bicyclic) bond motifs is 1. The Kier molecular flexibility index (Phi) is 2.14. The van der Waals surface area contributed by atoms with Crippen LogP contribution in [0.3, 0.4) is 0 Å². The minimum atomic E-state index is -0.00486. The molecule has 2 N–H and O–H groups in total. The standard InChI is InChI=1S/C11H12N2O/c1-14-10-5-2-7(6-12)11-8(10)3-4-9(11)13/h2,5,9H,3-4,13H2,1H3.